The SMILES string of the molecule is CCCNC(Cc1ccc(F)cc1Cl)C1CCCC(C)C1. The quantitative estimate of drug-likeness (QED) is 0.760. The average Bonchev–Trinajstić information content (AvgIpc) is 2.45. The number of rotatable bonds is 6. The van der Waals surface area contributed by atoms with Gasteiger partial charge in [0.15, 0.2) is 0 Å². The Labute approximate surface area is 133 Å². The molecule has 2 rings (SSSR count). The Morgan fingerprint density at radius 1 is 1.38 bits per heavy atom. The number of halogens is 2. The predicted octanol–water partition coefficient (Wildman–Crippen LogP) is 5.22. The van der Waals surface area contributed by atoms with Crippen molar-refractivity contribution < 1.29 is 4.39 Å². The van der Waals surface area contributed by atoms with Crippen LogP contribution in [0.1, 0.15) is 51.5 Å². The van der Waals surface area contributed by atoms with E-state index >= 15 is 0 Å². The third-order valence-electron chi connectivity index (χ3n) is 4.66. The van der Waals surface area contributed by atoms with Crippen molar-refractivity contribution in [2.75, 3.05) is 6.54 Å². The maximum Gasteiger partial charge on any atom is 0.124 e. The summed E-state index contributed by atoms with van der Waals surface area (Å²) in [6, 6.07) is 5.24. The molecule has 0 saturated heterocycles. The molecular formula is C18H27ClFN. The van der Waals surface area contributed by atoms with E-state index in [0.717, 1.165) is 30.9 Å². The van der Waals surface area contributed by atoms with Crippen molar-refractivity contribution in [2.45, 2.75) is 58.4 Å². The molecule has 21 heavy (non-hydrogen) atoms. The minimum absolute atomic E-state index is 0.256. The Morgan fingerprint density at radius 3 is 2.86 bits per heavy atom. The van der Waals surface area contributed by atoms with Crippen LogP contribution in [0.3, 0.4) is 0 Å². The first-order valence-electron chi connectivity index (χ1n) is 8.27. The second-order valence-electron chi connectivity index (χ2n) is 6.53. The Kier molecular flexibility index (Phi) is 6.50. The smallest absolute Gasteiger partial charge is 0.124 e. The first-order valence-corrected chi connectivity index (χ1v) is 8.65. The number of hydrogen-bond donors (Lipinski definition) is 1. The van der Waals surface area contributed by atoms with Crippen LogP contribution < -0.4 is 5.32 Å². The minimum atomic E-state index is -0.256. The normalized spacial score (nSPS) is 24.0. The second-order valence-corrected chi connectivity index (χ2v) is 6.94. The van der Waals surface area contributed by atoms with Crippen molar-refractivity contribution >= 4 is 11.6 Å². The van der Waals surface area contributed by atoms with Crippen molar-refractivity contribution in [2.24, 2.45) is 11.8 Å². The molecule has 1 aliphatic carbocycles. The number of hydrogen-bond acceptors (Lipinski definition) is 1. The first-order chi connectivity index (χ1) is 10.1. The first kappa shape index (κ1) is 16.8. The van der Waals surface area contributed by atoms with Gasteiger partial charge >= 0.3 is 0 Å². The fraction of sp³-hybridized carbons (Fsp3) is 0.667. The van der Waals surface area contributed by atoms with Gasteiger partial charge in [0.05, 0.1) is 0 Å². The van der Waals surface area contributed by atoms with Crippen molar-refractivity contribution in [1.82, 2.24) is 5.32 Å². The van der Waals surface area contributed by atoms with Crippen LogP contribution in [0.15, 0.2) is 18.2 Å². The van der Waals surface area contributed by atoms with E-state index in [-0.39, 0.29) is 5.82 Å². The van der Waals surface area contributed by atoms with Crippen LogP contribution in [0.25, 0.3) is 0 Å². The molecule has 1 aromatic rings. The molecule has 1 fully saturated rings. The summed E-state index contributed by atoms with van der Waals surface area (Å²) in [7, 11) is 0. The molecule has 0 radical (unpaired) electrons. The summed E-state index contributed by atoms with van der Waals surface area (Å²) in [6.45, 7) is 5.58. The molecule has 118 valence electrons. The van der Waals surface area contributed by atoms with Crippen molar-refractivity contribution in [3.8, 4) is 0 Å². The van der Waals surface area contributed by atoms with Crippen molar-refractivity contribution in [1.29, 1.82) is 0 Å². The lowest BCUT2D eigenvalue weighted by Crippen LogP contribution is -2.40. The summed E-state index contributed by atoms with van der Waals surface area (Å²) < 4.78 is 13.2. The molecule has 3 heteroatoms. The van der Waals surface area contributed by atoms with E-state index < -0.39 is 0 Å². The lowest BCUT2D eigenvalue weighted by Gasteiger charge is -2.34. The molecule has 0 aromatic heterocycles. The van der Waals surface area contributed by atoms with Gasteiger partial charge in [0.25, 0.3) is 0 Å². The van der Waals surface area contributed by atoms with Crippen LogP contribution in [0, 0.1) is 17.7 Å². The molecule has 0 amide bonds. The summed E-state index contributed by atoms with van der Waals surface area (Å²) in [4.78, 5) is 0. The van der Waals surface area contributed by atoms with E-state index in [1.165, 1.54) is 37.8 Å². The highest BCUT2D eigenvalue weighted by atomic mass is 35.5. The molecule has 1 aromatic carbocycles. The monoisotopic (exact) mass is 311 g/mol. The fourth-order valence-electron chi connectivity index (χ4n) is 3.51. The minimum Gasteiger partial charge on any atom is -0.313 e. The van der Waals surface area contributed by atoms with Crippen LogP contribution in [0.4, 0.5) is 4.39 Å². The molecule has 3 atom stereocenters. The van der Waals surface area contributed by atoms with Crippen LogP contribution in [-0.2, 0) is 6.42 Å². The van der Waals surface area contributed by atoms with Gasteiger partial charge in [-0.3, -0.25) is 0 Å². The van der Waals surface area contributed by atoms with E-state index in [4.69, 9.17) is 11.6 Å². The summed E-state index contributed by atoms with van der Waals surface area (Å²) in [6.07, 6.45) is 7.30. The Morgan fingerprint density at radius 2 is 2.19 bits per heavy atom. The van der Waals surface area contributed by atoms with Crippen LogP contribution in [-0.4, -0.2) is 12.6 Å². The largest absolute Gasteiger partial charge is 0.313 e. The van der Waals surface area contributed by atoms with E-state index in [1.807, 2.05) is 6.07 Å². The number of nitrogens with one attached hydrogen (secondary N) is 1. The molecular weight excluding hydrogens is 285 g/mol. The van der Waals surface area contributed by atoms with E-state index in [0.29, 0.717) is 17.0 Å². The van der Waals surface area contributed by atoms with Crippen LogP contribution in [0.2, 0.25) is 5.02 Å². The van der Waals surface area contributed by atoms with Crippen LogP contribution in [0.5, 0.6) is 0 Å². The van der Waals surface area contributed by atoms with Crippen LogP contribution >= 0.6 is 11.6 Å². The van der Waals surface area contributed by atoms with E-state index in [2.05, 4.69) is 19.2 Å². The average molecular weight is 312 g/mol. The highest BCUT2D eigenvalue weighted by Crippen LogP contribution is 2.32. The molecule has 0 aliphatic heterocycles. The lowest BCUT2D eigenvalue weighted by molar-refractivity contribution is 0.221. The van der Waals surface area contributed by atoms with Gasteiger partial charge in [0.2, 0.25) is 0 Å². The second kappa shape index (κ2) is 8.14. The summed E-state index contributed by atoms with van der Waals surface area (Å²) in [5.74, 6) is 1.27. The Balaban J connectivity index is 2.07. The molecule has 1 nitrogen and oxygen atoms in total. The van der Waals surface area contributed by atoms with Gasteiger partial charge in [0.1, 0.15) is 5.82 Å². The summed E-state index contributed by atoms with van der Waals surface area (Å²) in [5.41, 5.74) is 1.06. The van der Waals surface area contributed by atoms with E-state index in [9.17, 15) is 4.39 Å². The number of benzene rings is 1. The maximum absolute atomic E-state index is 13.2. The standard InChI is InChI=1S/C18H27ClFN/c1-3-9-21-18(15-6-4-5-13(2)10-15)11-14-7-8-16(20)12-17(14)19/h7-8,12-13,15,18,21H,3-6,9-11H2,1-2H3. The topological polar surface area (TPSA) is 12.0 Å². The molecule has 3 unspecified atom stereocenters. The van der Waals surface area contributed by atoms with E-state index in [1.54, 1.807) is 0 Å². The molecule has 0 bridgehead atoms. The third-order valence-corrected chi connectivity index (χ3v) is 5.01. The Bertz CT molecular complexity index is 449. The molecule has 0 spiro atoms. The third kappa shape index (κ3) is 4.96. The summed E-state index contributed by atoms with van der Waals surface area (Å²) >= 11 is 6.21. The van der Waals surface area contributed by atoms with Crippen molar-refractivity contribution in [3.63, 3.8) is 0 Å². The van der Waals surface area contributed by atoms with Gasteiger partial charge in [-0.05, 0) is 61.8 Å². The fourth-order valence-corrected chi connectivity index (χ4v) is 3.75. The highest BCUT2D eigenvalue weighted by molar-refractivity contribution is 6.31. The van der Waals surface area contributed by atoms with Gasteiger partial charge in [-0.2, -0.15) is 0 Å². The van der Waals surface area contributed by atoms with Gasteiger partial charge in [-0.1, -0.05) is 44.4 Å². The molecule has 1 saturated carbocycles. The zero-order valence-corrected chi connectivity index (χ0v) is 13.9. The summed E-state index contributed by atoms with van der Waals surface area (Å²) in [5, 5.41) is 4.26. The van der Waals surface area contributed by atoms with Gasteiger partial charge in [-0.15, -0.1) is 0 Å². The van der Waals surface area contributed by atoms with Gasteiger partial charge < -0.3 is 5.32 Å². The molecule has 0 heterocycles. The molecule has 1 N–H and O–H groups in total. The highest BCUT2D eigenvalue weighted by Gasteiger charge is 2.26. The van der Waals surface area contributed by atoms with Gasteiger partial charge in [0, 0.05) is 11.1 Å². The Hall–Kier alpha value is -0.600. The zero-order chi connectivity index (χ0) is 15.2. The molecule has 1 aliphatic rings. The lowest BCUT2D eigenvalue weighted by atomic mass is 9.77. The van der Waals surface area contributed by atoms with Crippen molar-refractivity contribution in [3.05, 3.63) is 34.6 Å². The zero-order valence-electron chi connectivity index (χ0n) is 13.2. The maximum atomic E-state index is 13.2. The predicted molar refractivity (Wildman–Crippen MR) is 88.3 cm³/mol. The van der Waals surface area contributed by atoms with Gasteiger partial charge in [-0.25, -0.2) is 4.39 Å².